The molecule has 4 nitrogen and oxygen atoms in total. The number of para-hydroxylation sites is 2. The molecule has 1 aliphatic heterocycles. The third-order valence-electron chi connectivity index (χ3n) is 15.6. The van der Waals surface area contributed by atoms with Crippen LogP contribution in [0, 0.1) is 0 Å². The molecule has 0 unspecified atom stereocenters. The highest BCUT2D eigenvalue weighted by Gasteiger charge is 2.39. The number of anilines is 2. The van der Waals surface area contributed by atoms with Gasteiger partial charge in [0.1, 0.15) is 22.3 Å². The highest BCUT2D eigenvalue weighted by molar-refractivity contribution is 7.26. The van der Waals surface area contributed by atoms with Gasteiger partial charge in [-0.25, -0.2) is 0 Å². The Morgan fingerprint density at radius 1 is 0.606 bits per heavy atom. The van der Waals surface area contributed by atoms with Gasteiger partial charge in [-0.05, 0) is 111 Å². The molecular weight excluding hydrogens is 824 g/mol. The summed E-state index contributed by atoms with van der Waals surface area (Å²) in [6, 6.07) is 49.7. The SMILES string of the molecule is CC(C)(C)c1ccc(Nc2cc3c(cc2-c2c4c5c(c6cc7c(cc6n5-c5cc6oc8ccccc8c6cc5B4)C(C)(C)CCC7(C)C)c4c2sc2ccccc24)oc2ccccc23)cc1. The zero-order valence-electron chi connectivity index (χ0n) is 38.5. The van der Waals surface area contributed by atoms with Crippen molar-refractivity contribution in [3.05, 3.63) is 150 Å². The van der Waals surface area contributed by atoms with Crippen molar-refractivity contribution in [3.8, 4) is 16.8 Å². The van der Waals surface area contributed by atoms with E-state index in [1.165, 1.54) is 80.8 Å². The highest BCUT2D eigenvalue weighted by Crippen LogP contribution is 2.53. The summed E-state index contributed by atoms with van der Waals surface area (Å²) in [6.07, 6.45) is 2.32. The number of nitrogens with zero attached hydrogens (tertiary/aromatic N) is 1. The molecule has 0 atom stereocenters. The van der Waals surface area contributed by atoms with Crippen molar-refractivity contribution in [1.29, 1.82) is 0 Å². The third kappa shape index (κ3) is 5.28. The zero-order chi connectivity index (χ0) is 44.6. The number of hydrogen-bond acceptors (Lipinski definition) is 4. The van der Waals surface area contributed by atoms with Gasteiger partial charge in [-0.3, -0.25) is 0 Å². The first kappa shape index (κ1) is 38.5. The molecule has 5 heterocycles. The van der Waals surface area contributed by atoms with E-state index in [4.69, 9.17) is 8.83 Å². The first-order chi connectivity index (χ1) is 31.8. The molecule has 2 aliphatic rings. The van der Waals surface area contributed by atoms with Crippen LogP contribution in [0.2, 0.25) is 0 Å². The molecule has 14 rings (SSSR count). The maximum absolute atomic E-state index is 6.78. The van der Waals surface area contributed by atoms with Crippen LogP contribution in [-0.4, -0.2) is 11.8 Å². The lowest BCUT2D eigenvalue weighted by atomic mass is 9.58. The molecule has 320 valence electrons. The lowest BCUT2D eigenvalue weighted by Gasteiger charge is -2.42. The maximum atomic E-state index is 6.78. The van der Waals surface area contributed by atoms with Crippen LogP contribution < -0.4 is 16.2 Å². The summed E-state index contributed by atoms with van der Waals surface area (Å²) in [4.78, 5) is 0. The van der Waals surface area contributed by atoms with E-state index < -0.39 is 0 Å². The van der Waals surface area contributed by atoms with E-state index in [1.807, 2.05) is 11.3 Å². The number of hydrogen-bond donors (Lipinski definition) is 1. The fraction of sp³-hybridized carbons (Fsp3) is 0.200. The predicted octanol–water partition coefficient (Wildman–Crippen LogP) is 15.7. The van der Waals surface area contributed by atoms with Crippen LogP contribution in [0.25, 0.3) is 103 Å². The van der Waals surface area contributed by atoms with Gasteiger partial charge in [-0.1, -0.05) is 127 Å². The van der Waals surface area contributed by atoms with Crippen molar-refractivity contribution in [3.63, 3.8) is 0 Å². The minimum Gasteiger partial charge on any atom is -0.456 e. The summed E-state index contributed by atoms with van der Waals surface area (Å²) in [7, 11) is 0.770. The number of benzene rings is 8. The van der Waals surface area contributed by atoms with Crippen LogP contribution in [0.3, 0.4) is 0 Å². The number of fused-ring (bicyclic) bond motifs is 16. The second kappa shape index (κ2) is 13.0. The van der Waals surface area contributed by atoms with Gasteiger partial charge in [0.05, 0.1) is 5.52 Å². The first-order valence-electron chi connectivity index (χ1n) is 23.6. The molecule has 4 aromatic heterocycles. The molecule has 0 spiro atoms. The Balaban J connectivity index is 1.17. The largest absolute Gasteiger partial charge is 0.456 e. The Bertz CT molecular complexity index is 4090. The Labute approximate surface area is 388 Å². The summed E-state index contributed by atoms with van der Waals surface area (Å²) in [6.45, 7) is 16.6. The summed E-state index contributed by atoms with van der Waals surface area (Å²) >= 11 is 1.93. The average molecular weight is 873 g/mol. The van der Waals surface area contributed by atoms with E-state index in [9.17, 15) is 0 Å². The van der Waals surface area contributed by atoms with Crippen molar-refractivity contribution in [2.45, 2.75) is 77.6 Å². The number of furan rings is 2. The molecule has 0 fully saturated rings. The van der Waals surface area contributed by atoms with Crippen molar-refractivity contribution in [1.82, 2.24) is 4.57 Å². The second-order valence-corrected chi connectivity index (χ2v) is 22.6. The molecule has 0 radical (unpaired) electrons. The zero-order valence-corrected chi connectivity index (χ0v) is 39.3. The number of thiophene rings is 1. The van der Waals surface area contributed by atoms with Gasteiger partial charge in [0, 0.05) is 86.7 Å². The standard InChI is InChI=1S/C60H49BN2O2S/c1-58(2,3)32-20-22-33(23-21-32)62-44-28-38-35-15-9-12-18-48(35)64-49(38)29-39(44)54-55-56-52(53-36-16-10-13-19-51(36)66-57(53)54)40-26-41-42(60(6,7)25-24-59(41,4)5)30-45(40)63(56)46-31-50-37(27-43(46)61-55)34-14-8-11-17-47(34)65-50/h8-23,26-31,61-62H,24-25H2,1-7H3. The number of rotatable bonds is 3. The molecule has 1 aliphatic carbocycles. The van der Waals surface area contributed by atoms with Gasteiger partial charge in [0.2, 0.25) is 0 Å². The van der Waals surface area contributed by atoms with Crippen LogP contribution >= 0.6 is 11.3 Å². The van der Waals surface area contributed by atoms with Gasteiger partial charge in [-0.15, -0.1) is 11.3 Å². The molecule has 0 amide bonds. The first-order valence-corrected chi connectivity index (χ1v) is 24.4. The molecule has 1 N–H and O–H groups in total. The van der Waals surface area contributed by atoms with E-state index in [0.717, 1.165) is 80.9 Å². The van der Waals surface area contributed by atoms with Gasteiger partial charge in [0.25, 0.3) is 0 Å². The lowest BCUT2D eigenvalue weighted by Crippen LogP contribution is -2.37. The van der Waals surface area contributed by atoms with Gasteiger partial charge in [-0.2, -0.15) is 0 Å². The average Bonchev–Trinajstić information content (AvgIpc) is 4.06. The fourth-order valence-corrected chi connectivity index (χ4v) is 13.3. The molecular formula is C60H49BN2O2S. The van der Waals surface area contributed by atoms with Crippen LogP contribution in [0.4, 0.5) is 11.4 Å². The maximum Gasteiger partial charge on any atom is 0.198 e. The van der Waals surface area contributed by atoms with Crippen molar-refractivity contribution < 1.29 is 8.83 Å². The lowest BCUT2D eigenvalue weighted by molar-refractivity contribution is 0.332. The predicted molar refractivity (Wildman–Crippen MR) is 284 cm³/mol. The summed E-state index contributed by atoms with van der Waals surface area (Å²) < 4.78 is 18.7. The van der Waals surface area contributed by atoms with Crippen LogP contribution in [0.5, 0.6) is 0 Å². The van der Waals surface area contributed by atoms with Crippen LogP contribution in [0.15, 0.2) is 142 Å². The Kier molecular flexibility index (Phi) is 7.58. The van der Waals surface area contributed by atoms with E-state index in [0.29, 0.717) is 0 Å². The van der Waals surface area contributed by atoms with E-state index in [-0.39, 0.29) is 16.2 Å². The van der Waals surface area contributed by atoms with Gasteiger partial charge < -0.3 is 18.7 Å². The smallest absolute Gasteiger partial charge is 0.198 e. The van der Waals surface area contributed by atoms with Crippen molar-refractivity contribution >= 4 is 127 Å². The van der Waals surface area contributed by atoms with Crippen molar-refractivity contribution in [2.24, 2.45) is 0 Å². The van der Waals surface area contributed by atoms with E-state index >= 15 is 0 Å². The topological polar surface area (TPSA) is 43.2 Å². The minimum atomic E-state index is 0.0437. The summed E-state index contributed by atoms with van der Waals surface area (Å²) in [5, 5.41) is 13.9. The van der Waals surface area contributed by atoms with Crippen molar-refractivity contribution in [2.75, 3.05) is 5.32 Å². The Morgan fingerprint density at radius 2 is 1.23 bits per heavy atom. The van der Waals surface area contributed by atoms with E-state index in [2.05, 4.69) is 192 Å². The minimum absolute atomic E-state index is 0.0437. The molecule has 0 bridgehead atoms. The number of aromatic nitrogens is 1. The van der Waals surface area contributed by atoms with Gasteiger partial charge in [0.15, 0.2) is 7.28 Å². The Morgan fingerprint density at radius 3 is 1.92 bits per heavy atom. The highest BCUT2D eigenvalue weighted by atomic mass is 32.1. The molecule has 12 aromatic rings. The molecule has 0 saturated heterocycles. The quantitative estimate of drug-likeness (QED) is 0.180. The Hall–Kier alpha value is -6.76. The monoisotopic (exact) mass is 872 g/mol. The summed E-state index contributed by atoms with van der Waals surface area (Å²) in [5.74, 6) is 0. The second-order valence-electron chi connectivity index (χ2n) is 21.6. The summed E-state index contributed by atoms with van der Waals surface area (Å²) in [5.41, 5.74) is 19.0. The van der Waals surface area contributed by atoms with Gasteiger partial charge >= 0.3 is 0 Å². The number of nitrogens with one attached hydrogen (secondary N) is 1. The van der Waals surface area contributed by atoms with Crippen LogP contribution in [0.1, 0.15) is 78.0 Å². The molecule has 6 heteroatoms. The van der Waals surface area contributed by atoms with Crippen LogP contribution in [-0.2, 0) is 16.2 Å². The third-order valence-corrected chi connectivity index (χ3v) is 16.8. The van der Waals surface area contributed by atoms with E-state index in [1.54, 1.807) is 0 Å². The molecule has 8 aromatic carbocycles. The molecule has 0 saturated carbocycles. The molecule has 66 heavy (non-hydrogen) atoms. The fourth-order valence-electron chi connectivity index (χ4n) is 12.0. The normalized spacial score (nSPS) is 15.4.